The molecular formula is C16H18FN3O3. The van der Waals surface area contributed by atoms with Gasteiger partial charge in [0.2, 0.25) is 11.8 Å². The van der Waals surface area contributed by atoms with E-state index in [4.69, 9.17) is 0 Å². The van der Waals surface area contributed by atoms with Crippen molar-refractivity contribution >= 4 is 17.7 Å². The Morgan fingerprint density at radius 1 is 1.13 bits per heavy atom. The van der Waals surface area contributed by atoms with Gasteiger partial charge in [-0.3, -0.25) is 14.4 Å². The number of hydrogen-bond donors (Lipinski definition) is 1. The van der Waals surface area contributed by atoms with Crippen molar-refractivity contribution in [2.75, 3.05) is 32.7 Å². The lowest BCUT2D eigenvalue weighted by Crippen LogP contribution is -2.52. The fourth-order valence-corrected chi connectivity index (χ4v) is 2.97. The van der Waals surface area contributed by atoms with Crippen molar-refractivity contribution in [1.82, 2.24) is 15.1 Å². The van der Waals surface area contributed by atoms with E-state index in [0.717, 1.165) is 0 Å². The number of carbonyl (C=O) groups excluding carboxylic acids is 3. The molecule has 6 nitrogen and oxygen atoms in total. The van der Waals surface area contributed by atoms with Gasteiger partial charge in [-0.1, -0.05) is 6.07 Å². The zero-order valence-corrected chi connectivity index (χ0v) is 12.6. The first-order valence-electron chi connectivity index (χ1n) is 7.65. The Hall–Kier alpha value is -2.44. The maximum absolute atomic E-state index is 13.2. The molecule has 1 aromatic carbocycles. The van der Waals surface area contributed by atoms with Crippen LogP contribution in [-0.2, 0) is 9.59 Å². The minimum absolute atomic E-state index is 0.0406. The number of piperazine rings is 1. The lowest BCUT2D eigenvalue weighted by atomic mass is 10.1. The third-order valence-corrected chi connectivity index (χ3v) is 4.28. The summed E-state index contributed by atoms with van der Waals surface area (Å²) in [7, 11) is 0. The number of halogens is 1. The van der Waals surface area contributed by atoms with Crippen molar-refractivity contribution in [3.05, 3.63) is 35.6 Å². The molecule has 2 aliphatic rings. The smallest absolute Gasteiger partial charge is 0.254 e. The minimum atomic E-state index is -0.442. The van der Waals surface area contributed by atoms with E-state index in [-0.39, 0.29) is 30.1 Å². The van der Waals surface area contributed by atoms with Crippen molar-refractivity contribution < 1.29 is 18.8 Å². The van der Waals surface area contributed by atoms with E-state index in [1.807, 2.05) is 0 Å². The molecule has 23 heavy (non-hydrogen) atoms. The highest BCUT2D eigenvalue weighted by Crippen LogP contribution is 2.16. The molecule has 0 aromatic heterocycles. The molecule has 122 valence electrons. The average molecular weight is 319 g/mol. The molecule has 1 unspecified atom stereocenters. The molecule has 1 aromatic rings. The Morgan fingerprint density at radius 3 is 2.43 bits per heavy atom. The topological polar surface area (TPSA) is 69.7 Å². The first-order chi connectivity index (χ1) is 11.0. The quantitative estimate of drug-likeness (QED) is 0.849. The molecule has 0 saturated carbocycles. The van der Waals surface area contributed by atoms with Gasteiger partial charge in [-0.05, 0) is 18.2 Å². The number of amides is 3. The van der Waals surface area contributed by atoms with Gasteiger partial charge in [0.15, 0.2) is 0 Å². The monoisotopic (exact) mass is 319 g/mol. The van der Waals surface area contributed by atoms with Gasteiger partial charge in [0.1, 0.15) is 5.82 Å². The average Bonchev–Trinajstić information content (AvgIpc) is 3.00. The van der Waals surface area contributed by atoms with Gasteiger partial charge in [-0.2, -0.15) is 0 Å². The molecule has 0 radical (unpaired) electrons. The van der Waals surface area contributed by atoms with Crippen molar-refractivity contribution in [2.24, 2.45) is 5.92 Å². The molecule has 2 heterocycles. The molecule has 1 N–H and O–H groups in total. The van der Waals surface area contributed by atoms with Gasteiger partial charge >= 0.3 is 0 Å². The van der Waals surface area contributed by atoms with E-state index in [1.54, 1.807) is 15.9 Å². The maximum atomic E-state index is 13.2. The summed E-state index contributed by atoms with van der Waals surface area (Å²) in [6.07, 6.45) is 0.237. The van der Waals surface area contributed by atoms with Crippen LogP contribution >= 0.6 is 0 Å². The van der Waals surface area contributed by atoms with Crippen molar-refractivity contribution in [3.63, 3.8) is 0 Å². The van der Waals surface area contributed by atoms with E-state index in [9.17, 15) is 18.8 Å². The summed E-state index contributed by atoms with van der Waals surface area (Å²) in [5, 5.41) is 2.66. The van der Waals surface area contributed by atoms with E-state index < -0.39 is 5.82 Å². The van der Waals surface area contributed by atoms with Gasteiger partial charge in [0.25, 0.3) is 5.91 Å². The Bertz CT molecular complexity index is 641. The number of hydrogen-bond acceptors (Lipinski definition) is 3. The fraction of sp³-hybridized carbons (Fsp3) is 0.438. The summed E-state index contributed by atoms with van der Waals surface area (Å²) in [5.41, 5.74) is 0.315. The number of nitrogens with one attached hydrogen (secondary N) is 1. The summed E-state index contributed by atoms with van der Waals surface area (Å²) in [4.78, 5) is 39.2. The largest absolute Gasteiger partial charge is 0.355 e. The third-order valence-electron chi connectivity index (χ3n) is 4.28. The molecule has 2 aliphatic heterocycles. The Balaban J connectivity index is 1.57. The van der Waals surface area contributed by atoms with Crippen LogP contribution < -0.4 is 5.32 Å². The fourth-order valence-electron chi connectivity index (χ4n) is 2.97. The second kappa shape index (κ2) is 6.36. The standard InChI is InChI=1S/C16H18FN3O3/c17-13-3-1-2-11(8-13)15(22)19-4-6-20(7-5-19)16(23)12-9-14(21)18-10-12/h1-3,8,12H,4-7,9-10H2,(H,18,21). The van der Waals surface area contributed by atoms with Crippen molar-refractivity contribution in [1.29, 1.82) is 0 Å². The highest BCUT2D eigenvalue weighted by Gasteiger charge is 2.33. The molecule has 3 amide bonds. The van der Waals surface area contributed by atoms with Crippen LogP contribution in [-0.4, -0.2) is 60.2 Å². The summed E-state index contributed by atoms with van der Waals surface area (Å²) >= 11 is 0. The van der Waals surface area contributed by atoms with Crippen LogP contribution in [0.25, 0.3) is 0 Å². The molecular weight excluding hydrogens is 301 g/mol. The minimum Gasteiger partial charge on any atom is -0.355 e. The van der Waals surface area contributed by atoms with Gasteiger partial charge in [0, 0.05) is 44.7 Å². The van der Waals surface area contributed by atoms with Crippen LogP contribution in [0.15, 0.2) is 24.3 Å². The number of rotatable bonds is 2. The van der Waals surface area contributed by atoms with Crippen LogP contribution in [0.1, 0.15) is 16.8 Å². The lowest BCUT2D eigenvalue weighted by molar-refractivity contribution is -0.137. The zero-order valence-electron chi connectivity index (χ0n) is 12.6. The maximum Gasteiger partial charge on any atom is 0.254 e. The SMILES string of the molecule is O=C1CC(C(=O)N2CCN(C(=O)c3cccc(F)c3)CC2)CN1. The highest BCUT2D eigenvalue weighted by atomic mass is 19.1. The number of carbonyl (C=O) groups is 3. The van der Waals surface area contributed by atoms with E-state index in [1.165, 1.54) is 18.2 Å². The molecule has 2 fully saturated rings. The molecule has 0 aliphatic carbocycles. The number of nitrogens with zero attached hydrogens (tertiary/aromatic N) is 2. The van der Waals surface area contributed by atoms with Crippen molar-refractivity contribution in [3.8, 4) is 0 Å². The summed E-state index contributed by atoms with van der Waals surface area (Å²) in [6, 6.07) is 5.60. The molecule has 3 rings (SSSR count). The predicted molar refractivity (Wildman–Crippen MR) is 80.0 cm³/mol. The molecule has 1 atom stereocenters. The Labute approximate surface area is 133 Å². The van der Waals surface area contributed by atoms with E-state index in [0.29, 0.717) is 38.3 Å². The Morgan fingerprint density at radius 2 is 1.83 bits per heavy atom. The van der Waals surface area contributed by atoms with E-state index >= 15 is 0 Å². The molecule has 7 heteroatoms. The van der Waals surface area contributed by atoms with Gasteiger partial charge in [-0.15, -0.1) is 0 Å². The third kappa shape index (κ3) is 3.33. The van der Waals surface area contributed by atoms with Gasteiger partial charge in [0.05, 0.1) is 5.92 Å². The van der Waals surface area contributed by atoms with Crippen LogP contribution in [0.2, 0.25) is 0 Å². The number of benzene rings is 1. The molecule has 0 spiro atoms. The van der Waals surface area contributed by atoms with Crippen LogP contribution in [0.3, 0.4) is 0 Å². The van der Waals surface area contributed by atoms with Gasteiger partial charge < -0.3 is 15.1 Å². The van der Waals surface area contributed by atoms with Crippen molar-refractivity contribution in [2.45, 2.75) is 6.42 Å². The normalized spacial score (nSPS) is 21.3. The van der Waals surface area contributed by atoms with Gasteiger partial charge in [-0.25, -0.2) is 4.39 Å². The van der Waals surface area contributed by atoms with Crippen LogP contribution in [0.5, 0.6) is 0 Å². The summed E-state index contributed by atoms with van der Waals surface area (Å²) in [5.74, 6) is -1.10. The highest BCUT2D eigenvalue weighted by molar-refractivity contribution is 5.94. The Kier molecular flexibility index (Phi) is 4.27. The summed E-state index contributed by atoms with van der Waals surface area (Å²) in [6.45, 7) is 2.08. The lowest BCUT2D eigenvalue weighted by Gasteiger charge is -2.35. The predicted octanol–water partition coefficient (Wildman–Crippen LogP) is 0.246. The van der Waals surface area contributed by atoms with E-state index in [2.05, 4.69) is 5.32 Å². The van der Waals surface area contributed by atoms with Crippen LogP contribution in [0.4, 0.5) is 4.39 Å². The zero-order chi connectivity index (χ0) is 16.4. The molecule has 0 bridgehead atoms. The first kappa shape index (κ1) is 15.5. The molecule has 2 saturated heterocycles. The van der Waals surface area contributed by atoms with Crippen LogP contribution in [0, 0.1) is 11.7 Å². The first-order valence-corrected chi connectivity index (χ1v) is 7.65. The second-order valence-corrected chi connectivity index (χ2v) is 5.83. The second-order valence-electron chi connectivity index (χ2n) is 5.83. The summed E-state index contributed by atoms with van der Waals surface area (Å²) < 4.78 is 13.2.